The summed E-state index contributed by atoms with van der Waals surface area (Å²) < 4.78 is 0. The Morgan fingerprint density at radius 3 is 1.27 bits per heavy atom. The molecular weight excluding hydrogens is 152 g/mol. The van der Waals surface area contributed by atoms with E-state index < -0.39 is 11.9 Å². The molecule has 0 atom stereocenters. The molecule has 0 bridgehead atoms. The lowest BCUT2D eigenvalue weighted by Crippen LogP contribution is -1.91. The molecule has 0 aliphatic rings. The molecule has 0 aromatic rings. The molecular formula is C6H10O5. The van der Waals surface area contributed by atoms with Crippen molar-refractivity contribution < 1.29 is 25.3 Å². The summed E-state index contributed by atoms with van der Waals surface area (Å²) in [6.45, 7) is 6.00. The third-order valence-electron chi connectivity index (χ3n) is 0.368. The van der Waals surface area contributed by atoms with Crippen LogP contribution in [-0.4, -0.2) is 27.6 Å². The van der Waals surface area contributed by atoms with Crippen molar-refractivity contribution >= 4 is 11.9 Å². The number of carboxylic acids is 2. The first-order valence-corrected chi connectivity index (χ1v) is 2.27. The molecule has 4 N–H and O–H groups in total. The SMILES string of the molecule is C=C.O.O=C(O)/C=C\C(=O)O. The van der Waals surface area contributed by atoms with Crippen LogP contribution in [0.4, 0.5) is 0 Å². The van der Waals surface area contributed by atoms with Gasteiger partial charge in [-0.25, -0.2) is 9.59 Å². The Balaban J connectivity index is -0.000000196. The maximum absolute atomic E-state index is 9.55. The van der Waals surface area contributed by atoms with E-state index in [0.717, 1.165) is 0 Å². The predicted octanol–water partition coefficient (Wildman–Crippen LogP) is -0.311. The van der Waals surface area contributed by atoms with Gasteiger partial charge in [0.25, 0.3) is 0 Å². The number of hydrogen-bond donors (Lipinski definition) is 2. The van der Waals surface area contributed by atoms with E-state index in [1.165, 1.54) is 0 Å². The van der Waals surface area contributed by atoms with Crippen LogP contribution in [-0.2, 0) is 9.59 Å². The van der Waals surface area contributed by atoms with Crippen LogP contribution in [0, 0.1) is 0 Å². The Hall–Kier alpha value is -1.62. The summed E-state index contributed by atoms with van der Waals surface area (Å²) in [5.41, 5.74) is 0. The fourth-order valence-corrected chi connectivity index (χ4v) is 0.143. The minimum absolute atomic E-state index is 0. The number of aliphatic carboxylic acids is 2. The highest BCUT2D eigenvalue weighted by molar-refractivity contribution is 5.89. The average molecular weight is 162 g/mol. The molecule has 0 unspecified atom stereocenters. The van der Waals surface area contributed by atoms with Crippen LogP contribution in [0.25, 0.3) is 0 Å². The van der Waals surface area contributed by atoms with Gasteiger partial charge in [0.05, 0.1) is 0 Å². The molecule has 5 heteroatoms. The lowest BCUT2D eigenvalue weighted by atomic mass is 10.5. The second kappa shape index (κ2) is 11.2. The van der Waals surface area contributed by atoms with Crippen molar-refractivity contribution in [3.8, 4) is 0 Å². The van der Waals surface area contributed by atoms with Gasteiger partial charge in [0.1, 0.15) is 0 Å². The number of carbonyl (C=O) groups is 2. The maximum atomic E-state index is 9.55. The van der Waals surface area contributed by atoms with Gasteiger partial charge in [0, 0.05) is 12.2 Å². The molecule has 0 rings (SSSR count). The fraction of sp³-hybridized carbons (Fsp3) is 0. The van der Waals surface area contributed by atoms with Gasteiger partial charge in [-0.15, -0.1) is 13.2 Å². The van der Waals surface area contributed by atoms with Gasteiger partial charge in [-0.05, 0) is 0 Å². The van der Waals surface area contributed by atoms with E-state index in [-0.39, 0.29) is 5.48 Å². The molecule has 0 radical (unpaired) electrons. The normalized spacial score (nSPS) is 7.27. The van der Waals surface area contributed by atoms with Crippen molar-refractivity contribution in [1.82, 2.24) is 0 Å². The zero-order chi connectivity index (χ0) is 8.57. The molecule has 0 amide bonds. The highest BCUT2D eigenvalue weighted by atomic mass is 16.4. The monoisotopic (exact) mass is 162 g/mol. The van der Waals surface area contributed by atoms with Gasteiger partial charge in [-0.2, -0.15) is 0 Å². The van der Waals surface area contributed by atoms with Gasteiger partial charge in [0.15, 0.2) is 0 Å². The number of carboxylic acid groups (broad SMARTS) is 2. The average Bonchev–Trinajstić information content (AvgIpc) is 1.89. The molecule has 0 aliphatic carbocycles. The van der Waals surface area contributed by atoms with Crippen LogP contribution in [0.5, 0.6) is 0 Å². The molecule has 0 aromatic heterocycles. The van der Waals surface area contributed by atoms with E-state index in [4.69, 9.17) is 10.2 Å². The first kappa shape index (κ1) is 16.2. The Labute approximate surface area is 63.6 Å². The largest absolute Gasteiger partial charge is 0.478 e. The summed E-state index contributed by atoms with van der Waals surface area (Å²) >= 11 is 0. The standard InChI is InChI=1S/C4H4O4.C2H4.H2O/c5-3(6)1-2-4(7)8;1-2;/h1-2H,(H,5,6)(H,7,8);1-2H2;1H2/b2-1-;;. The summed E-state index contributed by atoms with van der Waals surface area (Å²) in [5, 5.41) is 15.6. The van der Waals surface area contributed by atoms with Crippen molar-refractivity contribution in [3.63, 3.8) is 0 Å². The highest BCUT2D eigenvalue weighted by Gasteiger charge is 1.88. The van der Waals surface area contributed by atoms with E-state index in [1.54, 1.807) is 0 Å². The zero-order valence-electron chi connectivity index (χ0n) is 5.78. The van der Waals surface area contributed by atoms with Crippen LogP contribution in [0.1, 0.15) is 0 Å². The van der Waals surface area contributed by atoms with E-state index in [1.807, 2.05) is 0 Å². The number of hydrogen-bond acceptors (Lipinski definition) is 2. The first-order chi connectivity index (χ1) is 4.63. The Kier molecular flexibility index (Phi) is 16.5. The summed E-state index contributed by atoms with van der Waals surface area (Å²) in [7, 11) is 0. The maximum Gasteiger partial charge on any atom is 0.328 e. The molecule has 0 heterocycles. The van der Waals surface area contributed by atoms with Gasteiger partial charge < -0.3 is 15.7 Å². The number of rotatable bonds is 2. The Morgan fingerprint density at radius 1 is 1.00 bits per heavy atom. The second-order valence-electron chi connectivity index (χ2n) is 1.01. The van der Waals surface area contributed by atoms with Crippen LogP contribution < -0.4 is 0 Å². The van der Waals surface area contributed by atoms with E-state index >= 15 is 0 Å². The quantitative estimate of drug-likeness (QED) is 0.429. The van der Waals surface area contributed by atoms with E-state index in [0.29, 0.717) is 12.2 Å². The molecule has 0 aromatic carbocycles. The van der Waals surface area contributed by atoms with Crippen LogP contribution >= 0.6 is 0 Å². The summed E-state index contributed by atoms with van der Waals surface area (Å²) in [4.78, 5) is 19.1. The minimum Gasteiger partial charge on any atom is -0.478 e. The molecule has 64 valence electrons. The van der Waals surface area contributed by atoms with E-state index in [2.05, 4.69) is 13.2 Å². The second-order valence-corrected chi connectivity index (χ2v) is 1.01. The van der Waals surface area contributed by atoms with Crippen LogP contribution in [0.15, 0.2) is 25.3 Å². The molecule has 0 saturated carbocycles. The lowest BCUT2D eigenvalue weighted by Gasteiger charge is -1.74. The van der Waals surface area contributed by atoms with Gasteiger partial charge in [-0.1, -0.05) is 0 Å². The predicted molar refractivity (Wildman–Crippen MR) is 39.3 cm³/mol. The van der Waals surface area contributed by atoms with Crippen molar-refractivity contribution in [1.29, 1.82) is 0 Å². The highest BCUT2D eigenvalue weighted by Crippen LogP contribution is 1.70. The molecule has 5 nitrogen and oxygen atoms in total. The molecule has 0 spiro atoms. The van der Waals surface area contributed by atoms with E-state index in [9.17, 15) is 9.59 Å². The summed E-state index contributed by atoms with van der Waals surface area (Å²) in [6, 6.07) is 0. The Morgan fingerprint density at radius 2 is 1.18 bits per heavy atom. The third-order valence-corrected chi connectivity index (χ3v) is 0.368. The van der Waals surface area contributed by atoms with Gasteiger partial charge in [-0.3, -0.25) is 0 Å². The summed E-state index contributed by atoms with van der Waals surface area (Å²) in [6.07, 6.45) is 1.12. The molecule has 0 saturated heterocycles. The van der Waals surface area contributed by atoms with Crippen LogP contribution in [0.3, 0.4) is 0 Å². The van der Waals surface area contributed by atoms with Crippen molar-refractivity contribution in [2.75, 3.05) is 0 Å². The van der Waals surface area contributed by atoms with Gasteiger partial charge in [0.2, 0.25) is 0 Å². The molecule has 11 heavy (non-hydrogen) atoms. The molecule has 0 fully saturated rings. The smallest absolute Gasteiger partial charge is 0.328 e. The van der Waals surface area contributed by atoms with Crippen LogP contribution in [0.2, 0.25) is 0 Å². The first-order valence-electron chi connectivity index (χ1n) is 2.27. The lowest BCUT2D eigenvalue weighted by molar-refractivity contribution is -0.134. The fourth-order valence-electron chi connectivity index (χ4n) is 0.143. The van der Waals surface area contributed by atoms with Crippen molar-refractivity contribution in [2.45, 2.75) is 0 Å². The topological polar surface area (TPSA) is 106 Å². The van der Waals surface area contributed by atoms with Gasteiger partial charge >= 0.3 is 11.9 Å². The molecule has 0 aliphatic heterocycles. The third kappa shape index (κ3) is 29.9. The zero-order valence-corrected chi connectivity index (χ0v) is 5.78. The van der Waals surface area contributed by atoms with Crippen molar-refractivity contribution in [3.05, 3.63) is 25.3 Å². The van der Waals surface area contributed by atoms with Crippen molar-refractivity contribution in [2.24, 2.45) is 0 Å². The minimum atomic E-state index is -1.26. The Bertz CT molecular complexity index is 133. The summed E-state index contributed by atoms with van der Waals surface area (Å²) in [5.74, 6) is -2.51.